The van der Waals surface area contributed by atoms with Crippen molar-refractivity contribution >= 4 is 23.2 Å². The molecular formula is C15H23Cl2NO. The monoisotopic (exact) mass is 303 g/mol. The van der Waals surface area contributed by atoms with Gasteiger partial charge in [0, 0.05) is 6.54 Å². The topological polar surface area (TPSA) is 21.3 Å². The molecule has 0 unspecified atom stereocenters. The van der Waals surface area contributed by atoms with E-state index in [4.69, 9.17) is 27.9 Å². The van der Waals surface area contributed by atoms with Gasteiger partial charge in [0.2, 0.25) is 0 Å². The van der Waals surface area contributed by atoms with Gasteiger partial charge in [0.1, 0.15) is 0 Å². The summed E-state index contributed by atoms with van der Waals surface area (Å²) in [4.78, 5) is 0. The van der Waals surface area contributed by atoms with Crippen LogP contribution in [-0.2, 0) is 6.54 Å². The first-order valence-electron chi connectivity index (χ1n) is 7.00. The maximum atomic E-state index is 6.16. The van der Waals surface area contributed by atoms with Gasteiger partial charge in [-0.25, -0.2) is 0 Å². The molecule has 19 heavy (non-hydrogen) atoms. The highest BCUT2D eigenvalue weighted by atomic mass is 35.5. The van der Waals surface area contributed by atoms with Crippen molar-refractivity contribution in [3.8, 4) is 5.75 Å². The summed E-state index contributed by atoms with van der Waals surface area (Å²) in [5.74, 6) is 0.581. The lowest BCUT2D eigenvalue weighted by molar-refractivity contribution is 0.340. The third-order valence-corrected chi connectivity index (χ3v) is 3.44. The molecule has 0 atom stereocenters. The largest absolute Gasteiger partial charge is 0.491 e. The van der Waals surface area contributed by atoms with E-state index in [1.807, 2.05) is 19.1 Å². The summed E-state index contributed by atoms with van der Waals surface area (Å²) in [6, 6.07) is 3.83. The number of ether oxygens (including phenoxy) is 1. The molecule has 0 heterocycles. The van der Waals surface area contributed by atoms with Crippen LogP contribution in [0, 0.1) is 0 Å². The Bertz CT molecular complexity index is 359. The normalized spacial score (nSPS) is 10.7. The van der Waals surface area contributed by atoms with E-state index in [0.29, 0.717) is 22.4 Å². The van der Waals surface area contributed by atoms with Crippen LogP contribution < -0.4 is 10.1 Å². The van der Waals surface area contributed by atoms with Gasteiger partial charge in [0.15, 0.2) is 5.75 Å². The summed E-state index contributed by atoms with van der Waals surface area (Å²) < 4.78 is 5.41. The maximum Gasteiger partial charge on any atom is 0.156 e. The summed E-state index contributed by atoms with van der Waals surface area (Å²) in [6.45, 7) is 6.52. The molecule has 2 nitrogen and oxygen atoms in total. The second-order valence-corrected chi connectivity index (χ2v) is 5.37. The summed E-state index contributed by atoms with van der Waals surface area (Å²) >= 11 is 12.3. The van der Waals surface area contributed by atoms with Crippen LogP contribution >= 0.6 is 23.2 Å². The van der Waals surface area contributed by atoms with Crippen molar-refractivity contribution in [2.24, 2.45) is 0 Å². The smallest absolute Gasteiger partial charge is 0.156 e. The number of benzene rings is 1. The number of unbranched alkanes of at least 4 members (excludes halogenated alkanes) is 3. The molecule has 0 aliphatic heterocycles. The number of nitrogens with one attached hydrogen (secondary N) is 1. The van der Waals surface area contributed by atoms with Crippen molar-refractivity contribution in [2.75, 3.05) is 13.2 Å². The predicted molar refractivity (Wildman–Crippen MR) is 83.5 cm³/mol. The molecule has 0 radical (unpaired) electrons. The summed E-state index contributed by atoms with van der Waals surface area (Å²) in [5, 5.41) is 4.57. The van der Waals surface area contributed by atoms with Crippen LogP contribution in [0.25, 0.3) is 0 Å². The predicted octanol–water partition coefficient (Wildman–Crippen LogP) is 5.06. The van der Waals surface area contributed by atoms with E-state index >= 15 is 0 Å². The third kappa shape index (κ3) is 6.03. The first-order chi connectivity index (χ1) is 9.19. The average Bonchev–Trinajstić information content (AvgIpc) is 2.38. The van der Waals surface area contributed by atoms with Crippen LogP contribution in [-0.4, -0.2) is 13.2 Å². The molecular weight excluding hydrogens is 281 g/mol. The highest BCUT2D eigenvalue weighted by Gasteiger charge is 2.08. The molecule has 4 heteroatoms. The van der Waals surface area contributed by atoms with Crippen molar-refractivity contribution < 1.29 is 4.74 Å². The number of rotatable bonds is 9. The molecule has 0 spiro atoms. The van der Waals surface area contributed by atoms with Crippen LogP contribution in [0.4, 0.5) is 0 Å². The Morgan fingerprint density at radius 1 is 1.05 bits per heavy atom. The van der Waals surface area contributed by atoms with Gasteiger partial charge in [0.05, 0.1) is 16.7 Å². The van der Waals surface area contributed by atoms with Crippen molar-refractivity contribution in [3.05, 3.63) is 27.7 Å². The zero-order valence-electron chi connectivity index (χ0n) is 11.8. The Balaban J connectivity index is 2.42. The Morgan fingerprint density at radius 3 is 2.32 bits per heavy atom. The molecule has 1 aromatic rings. The van der Waals surface area contributed by atoms with Crippen molar-refractivity contribution in [3.63, 3.8) is 0 Å². The van der Waals surface area contributed by atoms with Crippen molar-refractivity contribution in [2.45, 2.75) is 46.1 Å². The van der Waals surface area contributed by atoms with E-state index in [2.05, 4.69) is 12.2 Å². The maximum absolute atomic E-state index is 6.16. The van der Waals surface area contributed by atoms with Crippen molar-refractivity contribution in [1.82, 2.24) is 5.32 Å². The zero-order chi connectivity index (χ0) is 14.1. The van der Waals surface area contributed by atoms with Crippen LogP contribution in [0.2, 0.25) is 10.0 Å². The molecule has 0 aromatic heterocycles. The number of halogens is 2. The van der Waals surface area contributed by atoms with Gasteiger partial charge >= 0.3 is 0 Å². The lowest BCUT2D eigenvalue weighted by Crippen LogP contribution is -2.14. The second kappa shape index (κ2) is 9.46. The average molecular weight is 304 g/mol. The van der Waals surface area contributed by atoms with E-state index in [9.17, 15) is 0 Å². The zero-order valence-corrected chi connectivity index (χ0v) is 13.3. The molecule has 108 valence electrons. The van der Waals surface area contributed by atoms with E-state index in [-0.39, 0.29) is 0 Å². The van der Waals surface area contributed by atoms with Gasteiger partial charge in [-0.05, 0) is 37.6 Å². The first-order valence-corrected chi connectivity index (χ1v) is 7.76. The summed E-state index contributed by atoms with van der Waals surface area (Å²) in [5.41, 5.74) is 1.09. The fraction of sp³-hybridized carbons (Fsp3) is 0.600. The minimum atomic E-state index is 0.564. The van der Waals surface area contributed by atoms with Gasteiger partial charge in [-0.3, -0.25) is 0 Å². The standard InChI is InChI=1S/C15H23Cl2NO/c1-3-5-6-7-8-18-11-12-9-13(16)15(19-4-2)14(17)10-12/h9-10,18H,3-8,11H2,1-2H3. The third-order valence-electron chi connectivity index (χ3n) is 2.88. The highest BCUT2D eigenvalue weighted by molar-refractivity contribution is 6.37. The summed E-state index contributed by atoms with van der Waals surface area (Å²) in [6.07, 6.45) is 5.08. The quantitative estimate of drug-likeness (QED) is 0.644. The van der Waals surface area contributed by atoms with Gasteiger partial charge < -0.3 is 10.1 Å². The lowest BCUT2D eigenvalue weighted by Gasteiger charge is -2.11. The fourth-order valence-corrected chi connectivity index (χ4v) is 2.55. The van der Waals surface area contributed by atoms with E-state index in [1.165, 1.54) is 25.7 Å². The van der Waals surface area contributed by atoms with Gasteiger partial charge in [-0.15, -0.1) is 0 Å². The highest BCUT2D eigenvalue weighted by Crippen LogP contribution is 2.34. The molecule has 0 fully saturated rings. The molecule has 0 aliphatic carbocycles. The molecule has 1 aromatic carbocycles. The van der Waals surface area contributed by atoms with Crippen LogP contribution in [0.1, 0.15) is 45.1 Å². The summed E-state index contributed by atoms with van der Waals surface area (Å²) in [7, 11) is 0. The van der Waals surface area contributed by atoms with E-state index < -0.39 is 0 Å². The van der Waals surface area contributed by atoms with E-state index in [1.54, 1.807) is 0 Å². The Hall–Kier alpha value is -0.440. The fourth-order valence-electron chi connectivity index (χ4n) is 1.91. The van der Waals surface area contributed by atoms with Gasteiger partial charge in [-0.1, -0.05) is 49.4 Å². The molecule has 1 N–H and O–H groups in total. The minimum Gasteiger partial charge on any atom is -0.491 e. The van der Waals surface area contributed by atoms with Crippen LogP contribution in [0.5, 0.6) is 5.75 Å². The van der Waals surface area contributed by atoms with Gasteiger partial charge in [-0.2, -0.15) is 0 Å². The SMILES string of the molecule is CCCCCCNCc1cc(Cl)c(OCC)c(Cl)c1. The van der Waals surface area contributed by atoms with Crippen LogP contribution in [0.3, 0.4) is 0 Å². The molecule has 1 rings (SSSR count). The van der Waals surface area contributed by atoms with Crippen LogP contribution in [0.15, 0.2) is 12.1 Å². The first kappa shape index (κ1) is 16.6. The van der Waals surface area contributed by atoms with E-state index in [0.717, 1.165) is 18.7 Å². The molecule has 0 bridgehead atoms. The molecule has 0 aliphatic rings. The van der Waals surface area contributed by atoms with Gasteiger partial charge in [0.25, 0.3) is 0 Å². The lowest BCUT2D eigenvalue weighted by atomic mass is 10.2. The minimum absolute atomic E-state index is 0.564. The second-order valence-electron chi connectivity index (χ2n) is 4.56. The molecule has 0 saturated carbocycles. The molecule has 0 saturated heterocycles. The Labute approximate surface area is 126 Å². The molecule has 0 amide bonds. The van der Waals surface area contributed by atoms with Crippen molar-refractivity contribution in [1.29, 1.82) is 0 Å². The Kier molecular flexibility index (Phi) is 8.27. The number of hydrogen-bond acceptors (Lipinski definition) is 2. The number of hydrogen-bond donors (Lipinski definition) is 1. The Morgan fingerprint density at radius 2 is 1.74 bits per heavy atom.